The fourth-order valence-electron chi connectivity index (χ4n) is 4.40. The Hall–Kier alpha value is -2.62. The highest BCUT2D eigenvalue weighted by Crippen LogP contribution is 2.54. The number of benzene rings is 2. The Balaban J connectivity index is 0.000000112. The maximum absolute atomic E-state index is 11.7. The van der Waals surface area contributed by atoms with Crippen molar-refractivity contribution in [1.82, 2.24) is 0 Å². The van der Waals surface area contributed by atoms with Gasteiger partial charge in [0.1, 0.15) is 0 Å². The van der Waals surface area contributed by atoms with Crippen LogP contribution in [0.15, 0.2) is 48.5 Å². The molecule has 2 saturated carbocycles. The second kappa shape index (κ2) is 4.94. The van der Waals surface area contributed by atoms with Crippen molar-refractivity contribution < 1.29 is 9.59 Å². The molecule has 4 heteroatoms. The molecule has 2 aromatic carbocycles. The minimum absolute atomic E-state index is 0.114. The summed E-state index contributed by atoms with van der Waals surface area (Å²) in [5.41, 5.74) is 4.20. The molecule has 2 heterocycles. The number of carbonyl (C=O) groups excluding carboxylic acids is 2. The highest BCUT2D eigenvalue weighted by Gasteiger charge is 2.55. The smallest absolute Gasteiger partial charge is 0.235 e. The molecule has 126 valence electrons. The van der Waals surface area contributed by atoms with Crippen LogP contribution in [0.1, 0.15) is 43.2 Å². The van der Waals surface area contributed by atoms with Crippen molar-refractivity contribution in [3.8, 4) is 0 Å². The average Bonchev–Trinajstić information content (AvgIpc) is 3.25. The van der Waals surface area contributed by atoms with Crippen LogP contribution in [0.25, 0.3) is 0 Å². The third-order valence-electron chi connectivity index (χ3n) is 6.21. The van der Waals surface area contributed by atoms with Crippen LogP contribution < -0.4 is 10.6 Å². The van der Waals surface area contributed by atoms with Crippen molar-refractivity contribution in [2.75, 3.05) is 10.6 Å². The van der Waals surface area contributed by atoms with Crippen LogP contribution in [0.2, 0.25) is 0 Å². The zero-order valence-electron chi connectivity index (χ0n) is 14.0. The molecular weight excluding hydrogens is 312 g/mol. The molecule has 2 amide bonds. The van der Waals surface area contributed by atoms with E-state index in [9.17, 15) is 9.59 Å². The van der Waals surface area contributed by atoms with Gasteiger partial charge in [0.25, 0.3) is 0 Å². The Morgan fingerprint density at radius 3 is 1.48 bits per heavy atom. The van der Waals surface area contributed by atoms with Gasteiger partial charge in [-0.1, -0.05) is 42.8 Å². The molecule has 2 aromatic rings. The molecule has 2 spiro atoms. The third kappa shape index (κ3) is 1.94. The highest BCUT2D eigenvalue weighted by molar-refractivity contribution is 6.08. The van der Waals surface area contributed by atoms with E-state index < -0.39 is 0 Å². The second-order valence-electron chi connectivity index (χ2n) is 7.52. The number of carbonyl (C=O) groups is 2. The fourth-order valence-corrected chi connectivity index (χ4v) is 4.40. The lowest BCUT2D eigenvalue weighted by molar-refractivity contribution is -0.123. The van der Waals surface area contributed by atoms with Crippen LogP contribution in [0.4, 0.5) is 11.4 Å². The molecule has 0 saturated heterocycles. The first-order valence-electron chi connectivity index (χ1n) is 8.98. The highest BCUT2D eigenvalue weighted by atomic mass is 16.2. The van der Waals surface area contributed by atoms with Gasteiger partial charge in [-0.2, -0.15) is 0 Å². The number of fused-ring (bicyclic) bond motifs is 4. The summed E-state index contributed by atoms with van der Waals surface area (Å²) in [5, 5.41) is 5.86. The summed E-state index contributed by atoms with van der Waals surface area (Å²) >= 11 is 0. The standard InChI is InChI=1S/C11H11NO.C10H9NO/c13-10-11(6-3-7-11)8-4-1-2-5-9(8)12-10;12-9-10(5-6-10)7-3-1-2-4-8(7)11-9/h1-2,4-5H,3,6-7H2,(H,12,13);1-4H,5-6H2,(H,11,12). The minimum atomic E-state index is -0.142. The summed E-state index contributed by atoms with van der Waals surface area (Å²) in [4.78, 5) is 23.2. The molecule has 25 heavy (non-hydrogen) atoms. The Labute approximate surface area is 146 Å². The van der Waals surface area contributed by atoms with E-state index in [0.717, 1.165) is 37.1 Å². The van der Waals surface area contributed by atoms with Crippen molar-refractivity contribution in [2.45, 2.75) is 42.9 Å². The van der Waals surface area contributed by atoms with E-state index in [1.807, 2.05) is 36.4 Å². The Morgan fingerprint density at radius 2 is 1.08 bits per heavy atom. The maximum atomic E-state index is 11.7. The first kappa shape index (κ1) is 14.7. The summed E-state index contributed by atoms with van der Waals surface area (Å²) in [6.45, 7) is 0. The molecule has 6 rings (SSSR count). The van der Waals surface area contributed by atoms with E-state index in [4.69, 9.17) is 0 Å². The molecule has 0 bridgehead atoms. The summed E-state index contributed by atoms with van der Waals surface area (Å²) < 4.78 is 0. The van der Waals surface area contributed by atoms with Gasteiger partial charge in [-0.3, -0.25) is 9.59 Å². The number of hydrogen-bond acceptors (Lipinski definition) is 2. The zero-order chi connectivity index (χ0) is 17.1. The van der Waals surface area contributed by atoms with Gasteiger partial charge in [-0.25, -0.2) is 0 Å². The van der Waals surface area contributed by atoms with Crippen molar-refractivity contribution in [2.24, 2.45) is 0 Å². The van der Waals surface area contributed by atoms with Crippen molar-refractivity contribution >= 4 is 23.2 Å². The predicted molar refractivity (Wildman–Crippen MR) is 96.6 cm³/mol. The van der Waals surface area contributed by atoms with Crippen molar-refractivity contribution in [1.29, 1.82) is 0 Å². The van der Waals surface area contributed by atoms with E-state index in [-0.39, 0.29) is 22.6 Å². The largest absolute Gasteiger partial charge is 0.325 e. The van der Waals surface area contributed by atoms with Crippen LogP contribution in [-0.2, 0) is 20.4 Å². The van der Waals surface area contributed by atoms with E-state index in [0.29, 0.717) is 0 Å². The summed E-state index contributed by atoms with van der Waals surface area (Å²) in [5.74, 6) is 0.406. The SMILES string of the molecule is O=C1Nc2ccccc2C12CC2.O=C1Nc2ccccc2C12CCC2. The lowest BCUT2D eigenvalue weighted by Crippen LogP contribution is -2.40. The lowest BCUT2D eigenvalue weighted by atomic mass is 9.65. The minimum Gasteiger partial charge on any atom is -0.325 e. The van der Waals surface area contributed by atoms with Crippen molar-refractivity contribution in [3.05, 3.63) is 59.7 Å². The van der Waals surface area contributed by atoms with E-state index in [2.05, 4.69) is 22.8 Å². The van der Waals surface area contributed by atoms with Gasteiger partial charge in [-0.15, -0.1) is 0 Å². The van der Waals surface area contributed by atoms with E-state index >= 15 is 0 Å². The fraction of sp³-hybridized carbons (Fsp3) is 0.333. The average molecular weight is 332 g/mol. The van der Waals surface area contributed by atoms with Gasteiger partial charge < -0.3 is 10.6 Å². The molecule has 0 unspecified atom stereocenters. The van der Waals surface area contributed by atoms with Gasteiger partial charge >= 0.3 is 0 Å². The number of nitrogens with one attached hydrogen (secondary N) is 2. The molecule has 4 nitrogen and oxygen atoms in total. The predicted octanol–water partition coefficient (Wildman–Crippen LogP) is 3.73. The summed E-state index contributed by atoms with van der Waals surface area (Å²) in [7, 11) is 0. The molecule has 0 atom stereocenters. The third-order valence-corrected chi connectivity index (χ3v) is 6.21. The summed E-state index contributed by atoms with van der Waals surface area (Å²) in [6.07, 6.45) is 5.28. The topological polar surface area (TPSA) is 58.2 Å². The molecule has 2 aliphatic carbocycles. The second-order valence-corrected chi connectivity index (χ2v) is 7.52. The number of amides is 2. The van der Waals surface area contributed by atoms with Crippen LogP contribution in [0.3, 0.4) is 0 Å². The molecular formula is C21H20N2O2. The van der Waals surface area contributed by atoms with E-state index in [1.165, 1.54) is 17.5 Å². The first-order chi connectivity index (χ1) is 12.2. The zero-order valence-corrected chi connectivity index (χ0v) is 14.0. The Bertz CT molecular complexity index is 894. The summed E-state index contributed by atoms with van der Waals surface area (Å²) in [6, 6.07) is 16.0. The Morgan fingerprint density at radius 1 is 0.640 bits per heavy atom. The Kier molecular flexibility index (Phi) is 2.91. The monoisotopic (exact) mass is 332 g/mol. The quantitative estimate of drug-likeness (QED) is 0.772. The van der Waals surface area contributed by atoms with Crippen LogP contribution in [-0.4, -0.2) is 11.8 Å². The van der Waals surface area contributed by atoms with Crippen LogP contribution in [0, 0.1) is 0 Å². The number of rotatable bonds is 0. The van der Waals surface area contributed by atoms with E-state index in [1.54, 1.807) is 0 Å². The van der Waals surface area contributed by atoms with Gasteiger partial charge in [-0.05, 0) is 48.9 Å². The van der Waals surface area contributed by atoms with Gasteiger partial charge in [0.15, 0.2) is 0 Å². The van der Waals surface area contributed by atoms with Crippen LogP contribution in [0.5, 0.6) is 0 Å². The number of hydrogen-bond donors (Lipinski definition) is 2. The molecule has 2 N–H and O–H groups in total. The van der Waals surface area contributed by atoms with Gasteiger partial charge in [0.05, 0.1) is 10.8 Å². The maximum Gasteiger partial charge on any atom is 0.235 e. The number of para-hydroxylation sites is 2. The van der Waals surface area contributed by atoms with Gasteiger partial charge in [0.2, 0.25) is 11.8 Å². The lowest BCUT2D eigenvalue weighted by Gasteiger charge is -2.35. The molecule has 4 aliphatic rings. The van der Waals surface area contributed by atoms with Crippen molar-refractivity contribution in [3.63, 3.8) is 0 Å². The molecule has 0 aromatic heterocycles. The molecule has 2 aliphatic heterocycles. The molecule has 2 fully saturated rings. The molecule has 0 radical (unpaired) electrons. The van der Waals surface area contributed by atoms with Crippen LogP contribution >= 0.6 is 0 Å². The van der Waals surface area contributed by atoms with Gasteiger partial charge in [0, 0.05) is 11.4 Å². The number of anilines is 2. The normalized spacial score (nSPS) is 22.2. The first-order valence-corrected chi connectivity index (χ1v) is 8.98.